The fraction of sp³-hybridized carbons (Fsp3) is 0.316. The van der Waals surface area contributed by atoms with Crippen molar-refractivity contribution in [1.29, 1.82) is 0 Å². The number of amides is 1. The molecule has 1 N–H and O–H groups in total. The molecule has 0 bridgehead atoms. The van der Waals surface area contributed by atoms with Crippen molar-refractivity contribution in [3.63, 3.8) is 0 Å². The van der Waals surface area contributed by atoms with E-state index in [0.717, 1.165) is 11.3 Å². The van der Waals surface area contributed by atoms with E-state index in [1.165, 1.54) is 0 Å². The molecule has 128 valence electrons. The van der Waals surface area contributed by atoms with Crippen molar-refractivity contribution < 1.29 is 19.1 Å². The highest BCUT2D eigenvalue weighted by atomic mass is 16.6. The molecule has 0 aliphatic heterocycles. The number of rotatable bonds is 10. The van der Waals surface area contributed by atoms with Crippen molar-refractivity contribution >= 4 is 5.91 Å². The molecule has 0 fully saturated rings. The molecule has 0 heterocycles. The van der Waals surface area contributed by atoms with Gasteiger partial charge in [0.25, 0.3) is 0 Å². The molecular formula is C19H23NO4. The quantitative estimate of drug-likeness (QED) is 0.535. The number of benzene rings is 2. The van der Waals surface area contributed by atoms with Gasteiger partial charge in [0, 0.05) is 6.42 Å². The van der Waals surface area contributed by atoms with Crippen LogP contribution in [0, 0.1) is 0 Å². The third-order valence-electron chi connectivity index (χ3n) is 3.22. The van der Waals surface area contributed by atoms with Crippen molar-refractivity contribution in [2.75, 3.05) is 13.2 Å². The van der Waals surface area contributed by atoms with Crippen LogP contribution >= 0.6 is 0 Å². The number of hydrogen-bond donors (Lipinski definition) is 1. The van der Waals surface area contributed by atoms with E-state index in [9.17, 15) is 4.79 Å². The molecular weight excluding hydrogens is 306 g/mol. The Kier molecular flexibility index (Phi) is 7.63. The highest BCUT2D eigenvalue weighted by molar-refractivity contribution is 5.74. The predicted molar refractivity (Wildman–Crippen MR) is 91.7 cm³/mol. The first-order valence-electron chi connectivity index (χ1n) is 8.08. The number of hydrogen-bond acceptors (Lipinski definition) is 4. The third-order valence-corrected chi connectivity index (χ3v) is 3.22. The smallest absolute Gasteiger partial charge is 0.243 e. The molecule has 5 heteroatoms. The molecule has 0 radical (unpaired) electrons. The second kappa shape index (κ2) is 10.3. The molecule has 2 aromatic carbocycles. The minimum atomic E-state index is -0.160. The van der Waals surface area contributed by atoms with Gasteiger partial charge in [0.1, 0.15) is 0 Å². The minimum Gasteiger partial charge on any atom is -0.490 e. The van der Waals surface area contributed by atoms with Crippen molar-refractivity contribution in [1.82, 2.24) is 5.48 Å². The summed E-state index contributed by atoms with van der Waals surface area (Å²) in [5.41, 5.74) is 3.45. The Morgan fingerprint density at radius 2 is 1.62 bits per heavy atom. The minimum absolute atomic E-state index is 0.160. The Bertz CT molecular complexity index is 616. The monoisotopic (exact) mass is 329 g/mol. The van der Waals surface area contributed by atoms with Gasteiger partial charge in [0.2, 0.25) is 5.91 Å². The number of ether oxygens (including phenoxy) is 2. The van der Waals surface area contributed by atoms with Gasteiger partial charge in [-0.2, -0.15) is 0 Å². The van der Waals surface area contributed by atoms with Crippen LogP contribution in [-0.4, -0.2) is 19.1 Å². The lowest BCUT2D eigenvalue weighted by molar-refractivity contribution is -0.134. The van der Waals surface area contributed by atoms with E-state index in [2.05, 4.69) is 5.48 Å². The van der Waals surface area contributed by atoms with E-state index in [0.29, 0.717) is 38.4 Å². The normalized spacial score (nSPS) is 10.2. The van der Waals surface area contributed by atoms with Gasteiger partial charge in [-0.3, -0.25) is 9.63 Å². The summed E-state index contributed by atoms with van der Waals surface area (Å²) in [5, 5.41) is 0. The number of nitrogens with one attached hydrogen (secondary N) is 1. The summed E-state index contributed by atoms with van der Waals surface area (Å²) >= 11 is 0. The molecule has 0 unspecified atom stereocenters. The summed E-state index contributed by atoms with van der Waals surface area (Å²) in [6.07, 6.45) is 0.937. The van der Waals surface area contributed by atoms with Crippen LogP contribution in [0.25, 0.3) is 0 Å². The van der Waals surface area contributed by atoms with E-state index < -0.39 is 0 Å². The zero-order chi connectivity index (χ0) is 17.0. The Labute approximate surface area is 142 Å². The summed E-state index contributed by atoms with van der Waals surface area (Å²) in [7, 11) is 0. The van der Waals surface area contributed by atoms with E-state index in [-0.39, 0.29) is 5.91 Å². The number of carbonyl (C=O) groups is 1. The molecule has 1 amide bonds. The van der Waals surface area contributed by atoms with Crippen LogP contribution in [0.1, 0.15) is 25.3 Å². The fourth-order valence-corrected chi connectivity index (χ4v) is 2.08. The van der Waals surface area contributed by atoms with E-state index in [1.54, 1.807) is 0 Å². The Morgan fingerprint density at radius 3 is 2.33 bits per heavy atom. The summed E-state index contributed by atoms with van der Waals surface area (Å²) in [4.78, 5) is 16.9. The first kappa shape index (κ1) is 17.8. The van der Waals surface area contributed by atoms with Crippen molar-refractivity contribution in [2.24, 2.45) is 0 Å². The van der Waals surface area contributed by atoms with Crippen LogP contribution in [0.4, 0.5) is 0 Å². The standard InChI is InChI=1S/C19H23NO4/c1-2-22-17-11-6-7-12-18(17)23-14-8-13-19(21)20-24-15-16-9-4-3-5-10-16/h3-7,9-12H,2,8,13-15H2,1H3,(H,20,21). The Hall–Kier alpha value is -2.53. The van der Waals surface area contributed by atoms with Crippen LogP contribution in [-0.2, 0) is 16.2 Å². The topological polar surface area (TPSA) is 56.8 Å². The summed E-state index contributed by atoms with van der Waals surface area (Å²) in [6, 6.07) is 17.2. The zero-order valence-corrected chi connectivity index (χ0v) is 13.9. The number of carbonyl (C=O) groups excluding carboxylic acids is 1. The van der Waals surface area contributed by atoms with E-state index >= 15 is 0 Å². The van der Waals surface area contributed by atoms with Gasteiger partial charge < -0.3 is 9.47 Å². The molecule has 2 rings (SSSR count). The van der Waals surface area contributed by atoms with Gasteiger partial charge in [-0.25, -0.2) is 5.48 Å². The average Bonchev–Trinajstić information content (AvgIpc) is 2.61. The molecule has 0 saturated heterocycles. The maximum absolute atomic E-state index is 11.7. The molecule has 0 aliphatic carbocycles. The zero-order valence-electron chi connectivity index (χ0n) is 13.9. The second-order valence-corrected chi connectivity index (χ2v) is 5.13. The van der Waals surface area contributed by atoms with Crippen LogP contribution < -0.4 is 15.0 Å². The Balaban J connectivity index is 1.61. The molecule has 2 aromatic rings. The maximum Gasteiger partial charge on any atom is 0.243 e. The molecule has 5 nitrogen and oxygen atoms in total. The van der Waals surface area contributed by atoms with Crippen molar-refractivity contribution in [2.45, 2.75) is 26.4 Å². The van der Waals surface area contributed by atoms with Gasteiger partial charge in [-0.1, -0.05) is 42.5 Å². The van der Waals surface area contributed by atoms with Crippen LogP contribution in [0.5, 0.6) is 11.5 Å². The predicted octanol–water partition coefficient (Wildman–Crippen LogP) is 3.49. The van der Waals surface area contributed by atoms with Gasteiger partial charge in [0.15, 0.2) is 11.5 Å². The van der Waals surface area contributed by atoms with Crippen molar-refractivity contribution in [3.8, 4) is 11.5 Å². The number of hydroxylamine groups is 1. The first-order valence-corrected chi connectivity index (χ1v) is 8.08. The first-order chi connectivity index (χ1) is 11.8. The lowest BCUT2D eigenvalue weighted by Gasteiger charge is -2.11. The van der Waals surface area contributed by atoms with E-state index in [1.807, 2.05) is 61.5 Å². The third kappa shape index (κ3) is 6.30. The molecule has 24 heavy (non-hydrogen) atoms. The molecule has 0 aliphatic rings. The van der Waals surface area contributed by atoms with Gasteiger partial charge in [-0.05, 0) is 31.0 Å². The average molecular weight is 329 g/mol. The highest BCUT2D eigenvalue weighted by Crippen LogP contribution is 2.26. The second-order valence-electron chi connectivity index (χ2n) is 5.13. The van der Waals surface area contributed by atoms with E-state index in [4.69, 9.17) is 14.3 Å². The lowest BCUT2D eigenvalue weighted by Crippen LogP contribution is -2.23. The molecule has 0 aromatic heterocycles. The van der Waals surface area contributed by atoms with Gasteiger partial charge >= 0.3 is 0 Å². The molecule has 0 atom stereocenters. The van der Waals surface area contributed by atoms with Gasteiger partial charge in [-0.15, -0.1) is 0 Å². The SMILES string of the molecule is CCOc1ccccc1OCCCC(=O)NOCc1ccccc1. The fourth-order valence-electron chi connectivity index (χ4n) is 2.08. The summed E-state index contributed by atoms with van der Waals surface area (Å²) in [5.74, 6) is 1.25. The Morgan fingerprint density at radius 1 is 0.958 bits per heavy atom. The van der Waals surface area contributed by atoms with Gasteiger partial charge in [0.05, 0.1) is 19.8 Å². The number of para-hydroxylation sites is 2. The van der Waals surface area contributed by atoms with Crippen LogP contribution in [0.15, 0.2) is 54.6 Å². The molecule has 0 spiro atoms. The van der Waals surface area contributed by atoms with Crippen molar-refractivity contribution in [3.05, 3.63) is 60.2 Å². The largest absolute Gasteiger partial charge is 0.490 e. The highest BCUT2D eigenvalue weighted by Gasteiger charge is 2.05. The summed E-state index contributed by atoms with van der Waals surface area (Å²) < 4.78 is 11.2. The maximum atomic E-state index is 11.7. The molecule has 0 saturated carbocycles. The summed E-state index contributed by atoms with van der Waals surface area (Å²) in [6.45, 7) is 3.30. The van der Waals surface area contributed by atoms with Crippen LogP contribution in [0.3, 0.4) is 0 Å². The lowest BCUT2D eigenvalue weighted by atomic mass is 10.2. The van der Waals surface area contributed by atoms with Crippen LogP contribution in [0.2, 0.25) is 0 Å².